The number of nitrogens with zero attached hydrogens (tertiary/aromatic N) is 1. The van der Waals surface area contributed by atoms with Crippen LogP contribution in [0.15, 0.2) is 24.3 Å². The van der Waals surface area contributed by atoms with E-state index >= 15 is 0 Å². The van der Waals surface area contributed by atoms with Crippen LogP contribution in [0.25, 0.3) is 0 Å². The summed E-state index contributed by atoms with van der Waals surface area (Å²) < 4.78 is 0. The van der Waals surface area contributed by atoms with E-state index in [1.54, 1.807) is 7.05 Å². The Kier molecular flexibility index (Phi) is 4.73. The lowest BCUT2D eigenvalue weighted by Gasteiger charge is -2.22. The molecule has 0 aliphatic rings. The molecule has 100 valence electrons. The van der Waals surface area contributed by atoms with Crippen molar-refractivity contribution in [3.63, 3.8) is 0 Å². The van der Waals surface area contributed by atoms with Gasteiger partial charge in [0.05, 0.1) is 5.54 Å². The van der Waals surface area contributed by atoms with Gasteiger partial charge in [-0.25, -0.2) is 0 Å². The molecule has 18 heavy (non-hydrogen) atoms. The van der Waals surface area contributed by atoms with Crippen LogP contribution in [0, 0.1) is 0 Å². The molecule has 1 aromatic rings. The molecular weight excluding hydrogens is 226 g/mol. The van der Waals surface area contributed by atoms with E-state index < -0.39 is 5.54 Å². The van der Waals surface area contributed by atoms with Gasteiger partial charge in [0.1, 0.15) is 0 Å². The number of anilines is 1. The van der Waals surface area contributed by atoms with E-state index in [-0.39, 0.29) is 5.91 Å². The largest absolute Gasteiger partial charge is 0.378 e. The standard InChI is InChI=1S/C14H23N3O/c1-14(2,15-3)13(18)16-10-11-6-8-12(9-7-11)17(4)5/h6-9,15H,10H2,1-5H3,(H,16,18). The van der Waals surface area contributed by atoms with Crippen molar-refractivity contribution in [1.82, 2.24) is 10.6 Å². The molecule has 1 rings (SSSR count). The molecule has 1 amide bonds. The Morgan fingerprint density at radius 1 is 1.22 bits per heavy atom. The Morgan fingerprint density at radius 2 is 1.78 bits per heavy atom. The van der Waals surface area contributed by atoms with E-state index in [2.05, 4.69) is 10.6 Å². The minimum absolute atomic E-state index is 0.00156. The number of amides is 1. The highest BCUT2D eigenvalue weighted by Crippen LogP contribution is 2.12. The van der Waals surface area contributed by atoms with Crippen LogP contribution < -0.4 is 15.5 Å². The van der Waals surface area contributed by atoms with Gasteiger partial charge >= 0.3 is 0 Å². The summed E-state index contributed by atoms with van der Waals surface area (Å²) in [5.74, 6) is 0.00156. The molecule has 0 heterocycles. The highest BCUT2D eigenvalue weighted by molar-refractivity contribution is 5.85. The monoisotopic (exact) mass is 249 g/mol. The van der Waals surface area contributed by atoms with Crippen LogP contribution >= 0.6 is 0 Å². The molecule has 0 aromatic heterocycles. The first-order valence-corrected chi connectivity index (χ1v) is 6.10. The van der Waals surface area contributed by atoms with Crippen LogP contribution in [0.3, 0.4) is 0 Å². The molecule has 0 radical (unpaired) electrons. The van der Waals surface area contributed by atoms with E-state index in [0.717, 1.165) is 11.3 Å². The maximum Gasteiger partial charge on any atom is 0.239 e. The molecule has 0 saturated carbocycles. The van der Waals surface area contributed by atoms with Crippen LogP contribution in [0.4, 0.5) is 5.69 Å². The Hall–Kier alpha value is -1.55. The Balaban J connectivity index is 2.57. The first-order chi connectivity index (χ1) is 8.36. The van der Waals surface area contributed by atoms with Gasteiger partial charge in [0.2, 0.25) is 5.91 Å². The molecule has 0 aliphatic carbocycles. The van der Waals surface area contributed by atoms with Gasteiger partial charge in [-0.2, -0.15) is 0 Å². The first kappa shape index (κ1) is 14.5. The topological polar surface area (TPSA) is 44.4 Å². The average molecular weight is 249 g/mol. The molecule has 0 atom stereocenters. The number of carbonyl (C=O) groups excluding carboxylic acids is 1. The molecule has 1 aromatic carbocycles. The molecule has 4 heteroatoms. The fourth-order valence-corrected chi connectivity index (χ4v) is 1.43. The molecule has 0 spiro atoms. The zero-order valence-corrected chi connectivity index (χ0v) is 11.9. The van der Waals surface area contributed by atoms with Crippen LogP contribution in [-0.4, -0.2) is 32.6 Å². The predicted molar refractivity (Wildman–Crippen MR) is 75.8 cm³/mol. The van der Waals surface area contributed by atoms with Crippen molar-refractivity contribution in [3.05, 3.63) is 29.8 Å². The van der Waals surface area contributed by atoms with Crippen molar-refractivity contribution in [2.45, 2.75) is 25.9 Å². The summed E-state index contributed by atoms with van der Waals surface area (Å²) in [4.78, 5) is 13.9. The number of rotatable bonds is 5. The van der Waals surface area contributed by atoms with E-state index in [9.17, 15) is 4.79 Å². The fraction of sp³-hybridized carbons (Fsp3) is 0.500. The summed E-state index contributed by atoms with van der Waals surface area (Å²) in [6.45, 7) is 4.27. The molecule has 0 aliphatic heterocycles. The molecule has 0 fully saturated rings. The van der Waals surface area contributed by atoms with Crippen molar-refractivity contribution >= 4 is 11.6 Å². The van der Waals surface area contributed by atoms with E-state index in [0.29, 0.717) is 6.54 Å². The van der Waals surface area contributed by atoms with Gasteiger partial charge in [-0.3, -0.25) is 4.79 Å². The Bertz CT molecular complexity index is 396. The summed E-state index contributed by atoms with van der Waals surface area (Å²) in [6.07, 6.45) is 0. The lowest BCUT2D eigenvalue weighted by atomic mass is 10.1. The van der Waals surface area contributed by atoms with Gasteiger partial charge in [-0.05, 0) is 38.6 Å². The molecule has 0 unspecified atom stereocenters. The van der Waals surface area contributed by atoms with Gasteiger partial charge in [-0.1, -0.05) is 12.1 Å². The lowest BCUT2D eigenvalue weighted by Crippen LogP contribution is -2.50. The minimum atomic E-state index is -0.538. The zero-order valence-electron chi connectivity index (χ0n) is 11.9. The molecule has 0 saturated heterocycles. The van der Waals surface area contributed by atoms with Gasteiger partial charge in [-0.15, -0.1) is 0 Å². The summed E-state index contributed by atoms with van der Waals surface area (Å²) >= 11 is 0. The third kappa shape index (κ3) is 3.74. The molecular formula is C14H23N3O. The lowest BCUT2D eigenvalue weighted by molar-refractivity contribution is -0.126. The van der Waals surface area contributed by atoms with Crippen LogP contribution in [0.2, 0.25) is 0 Å². The second-order valence-electron chi connectivity index (χ2n) is 5.12. The molecule has 2 N–H and O–H groups in total. The summed E-state index contributed by atoms with van der Waals surface area (Å²) in [6, 6.07) is 8.15. The van der Waals surface area contributed by atoms with Gasteiger partial charge < -0.3 is 15.5 Å². The van der Waals surface area contributed by atoms with Gasteiger partial charge in [0.15, 0.2) is 0 Å². The highest BCUT2D eigenvalue weighted by Gasteiger charge is 2.24. The summed E-state index contributed by atoms with van der Waals surface area (Å²) in [5, 5.41) is 5.91. The number of hydrogen-bond acceptors (Lipinski definition) is 3. The van der Waals surface area contributed by atoms with Gasteiger partial charge in [0, 0.05) is 26.3 Å². The third-order valence-electron chi connectivity index (χ3n) is 3.10. The van der Waals surface area contributed by atoms with Crippen molar-refractivity contribution < 1.29 is 4.79 Å². The van der Waals surface area contributed by atoms with Crippen LogP contribution in [0.5, 0.6) is 0 Å². The summed E-state index contributed by atoms with van der Waals surface area (Å²) in [5.41, 5.74) is 1.71. The Labute approximate surface area is 109 Å². The minimum Gasteiger partial charge on any atom is -0.378 e. The molecule has 0 bridgehead atoms. The second kappa shape index (κ2) is 5.87. The van der Waals surface area contributed by atoms with Crippen molar-refractivity contribution in [2.75, 3.05) is 26.0 Å². The maximum absolute atomic E-state index is 11.9. The van der Waals surface area contributed by atoms with Crippen molar-refractivity contribution in [3.8, 4) is 0 Å². The predicted octanol–water partition coefficient (Wildman–Crippen LogP) is 1.37. The quantitative estimate of drug-likeness (QED) is 0.828. The number of benzene rings is 1. The van der Waals surface area contributed by atoms with Crippen LogP contribution in [-0.2, 0) is 11.3 Å². The molecule has 4 nitrogen and oxygen atoms in total. The number of hydrogen-bond donors (Lipinski definition) is 2. The van der Waals surface area contributed by atoms with Crippen LogP contribution in [0.1, 0.15) is 19.4 Å². The SMILES string of the molecule is CNC(C)(C)C(=O)NCc1ccc(N(C)C)cc1. The fourth-order valence-electron chi connectivity index (χ4n) is 1.43. The number of carbonyl (C=O) groups is 1. The van der Waals surface area contributed by atoms with Crippen molar-refractivity contribution in [1.29, 1.82) is 0 Å². The van der Waals surface area contributed by atoms with Gasteiger partial charge in [0.25, 0.3) is 0 Å². The smallest absolute Gasteiger partial charge is 0.239 e. The number of likely N-dealkylation sites (N-methyl/N-ethyl adjacent to an activating group) is 1. The summed E-state index contributed by atoms with van der Waals surface area (Å²) in [7, 11) is 5.80. The first-order valence-electron chi connectivity index (χ1n) is 6.10. The van der Waals surface area contributed by atoms with Crippen molar-refractivity contribution in [2.24, 2.45) is 0 Å². The Morgan fingerprint density at radius 3 is 2.22 bits per heavy atom. The maximum atomic E-state index is 11.9. The second-order valence-corrected chi connectivity index (χ2v) is 5.12. The van der Waals surface area contributed by atoms with E-state index in [4.69, 9.17) is 0 Å². The van der Waals surface area contributed by atoms with E-state index in [1.165, 1.54) is 0 Å². The van der Waals surface area contributed by atoms with E-state index in [1.807, 2.05) is 57.1 Å². The third-order valence-corrected chi connectivity index (χ3v) is 3.10. The average Bonchev–Trinajstić information content (AvgIpc) is 2.36. The number of nitrogens with one attached hydrogen (secondary N) is 2. The zero-order chi connectivity index (χ0) is 13.8. The normalized spacial score (nSPS) is 11.2. The highest BCUT2D eigenvalue weighted by atomic mass is 16.2.